The molecular formula is C22H17NO4S. The molecular weight excluding hydrogens is 374 g/mol. The van der Waals surface area contributed by atoms with Gasteiger partial charge in [0.25, 0.3) is 0 Å². The van der Waals surface area contributed by atoms with E-state index in [0.717, 1.165) is 10.9 Å². The lowest BCUT2D eigenvalue weighted by atomic mass is 10.1. The second-order valence-electron chi connectivity index (χ2n) is 6.32. The summed E-state index contributed by atoms with van der Waals surface area (Å²) in [6.07, 6.45) is 0. The molecule has 0 radical (unpaired) electrons. The molecule has 0 spiro atoms. The Balaban J connectivity index is 1.59. The molecule has 1 N–H and O–H groups in total. The predicted molar refractivity (Wildman–Crippen MR) is 108 cm³/mol. The number of benzene rings is 3. The van der Waals surface area contributed by atoms with E-state index in [1.807, 2.05) is 42.5 Å². The number of rotatable bonds is 5. The lowest BCUT2D eigenvalue weighted by Gasteiger charge is -2.08. The molecule has 0 aliphatic carbocycles. The molecule has 1 aromatic heterocycles. The second-order valence-corrected chi connectivity index (χ2v) is 8.09. The molecule has 0 unspecified atom stereocenters. The van der Waals surface area contributed by atoms with E-state index in [0.29, 0.717) is 16.7 Å². The highest BCUT2D eigenvalue weighted by atomic mass is 32.2. The Morgan fingerprint density at radius 3 is 2.25 bits per heavy atom. The van der Waals surface area contributed by atoms with Gasteiger partial charge in [-0.1, -0.05) is 48.5 Å². The highest BCUT2D eigenvalue weighted by Gasteiger charge is 2.14. The topological polar surface area (TPSA) is 76.4 Å². The fourth-order valence-electron chi connectivity index (χ4n) is 2.93. The van der Waals surface area contributed by atoms with Crippen molar-refractivity contribution in [1.29, 1.82) is 0 Å². The molecule has 5 nitrogen and oxygen atoms in total. The predicted octanol–water partition coefficient (Wildman–Crippen LogP) is 3.94. The summed E-state index contributed by atoms with van der Waals surface area (Å²) in [7, 11) is -3.64. The van der Waals surface area contributed by atoms with E-state index in [2.05, 4.69) is 4.72 Å². The average molecular weight is 391 g/mol. The Hall–Kier alpha value is -3.22. The summed E-state index contributed by atoms with van der Waals surface area (Å²) in [5, 5.41) is 1.28. The van der Waals surface area contributed by atoms with Crippen molar-refractivity contribution in [2.24, 2.45) is 0 Å². The van der Waals surface area contributed by atoms with Gasteiger partial charge < -0.3 is 4.42 Å². The molecule has 28 heavy (non-hydrogen) atoms. The van der Waals surface area contributed by atoms with E-state index in [1.165, 1.54) is 12.1 Å². The zero-order chi connectivity index (χ0) is 19.6. The Morgan fingerprint density at radius 1 is 0.821 bits per heavy atom. The first-order valence-electron chi connectivity index (χ1n) is 8.70. The van der Waals surface area contributed by atoms with Crippen LogP contribution >= 0.6 is 0 Å². The number of nitrogens with one attached hydrogen (secondary N) is 1. The third-order valence-corrected chi connectivity index (χ3v) is 5.85. The third-order valence-electron chi connectivity index (χ3n) is 4.43. The summed E-state index contributed by atoms with van der Waals surface area (Å²) >= 11 is 0. The largest absolute Gasteiger partial charge is 0.422 e. The van der Waals surface area contributed by atoms with Gasteiger partial charge in [-0.2, -0.15) is 0 Å². The van der Waals surface area contributed by atoms with Gasteiger partial charge in [0.15, 0.2) is 0 Å². The van der Waals surface area contributed by atoms with Crippen LogP contribution in [-0.4, -0.2) is 8.42 Å². The first-order valence-corrected chi connectivity index (χ1v) is 10.2. The zero-order valence-corrected chi connectivity index (χ0v) is 15.6. The van der Waals surface area contributed by atoms with Crippen molar-refractivity contribution in [2.75, 3.05) is 0 Å². The second kappa shape index (κ2) is 7.42. The smallest absolute Gasteiger partial charge is 0.344 e. The molecule has 0 fully saturated rings. The molecule has 6 heteroatoms. The lowest BCUT2D eigenvalue weighted by molar-refractivity contribution is 0.534. The summed E-state index contributed by atoms with van der Waals surface area (Å²) < 4.78 is 33.0. The minimum absolute atomic E-state index is 0.148. The molecule has 0 atom stereocenters. The van der Waals surface area contributed by atoms with Gasteiger partial charge in [0.2, 0.25) is 10.0 Å². The maximum atomic E-state index is 12.5. The van der Waals surface area contributed by atoms with Crippen molar-refractivity contribution in [3.05, 3.63) is 101 Å². The standard InChI is InChI=1S/C22H17NO4S/c24-22-20-9-5-4-8-18(20)14-21(27-22)17-10-12-19(13-11-17)28(25,26)23-15-16-6-2-1-3-7-16/h1-14,23H,15H2. The molecule has 3 aromatic carbocycles. The minimum Gasteiger partial charge on any atom is -0.422 e. The summed E-state index contributed by atoms with van der Waals surface area (Å²) in [5.74, 6) is 0.393. The van der Waals surface area contributed by atoms with Gasteiger partial charge in [-0.25, -0.2) is 17.9 Å². The fourth-order valence-corrected chi connectivity index (χ4v) is 3.95. The van der Waals surface area contributed by atoms with Crippen LogP contribution in [0.2, 0.25) is 0 Å². The van der Waals surface area contributed by atoms with Gasteiger partial charge >= 0.3 is 5.63 Å². The summed E-state index contributed by atoms with van der Waals surface area (Å²) in [5.41, 5.74) is 1.08. The van der Waals surface area contributed by atoms with Gasteiger partial charge in [0.1, 0.15) is 5.76 Å². The first kappa shape index (κ1) is 18.2. The van der Waals surface area contributed by atoms with E-state index in [4.69, 9.17) is 4.42 Å². The molecule has 0 saturated carbocycles. The Bertz CT molecular complexity index is 1280. The van der Waals surface area contributed by atoms with Crippen LogP contribution < -0.4 is 10.3 Å². The molecule has 1 heterocycles. The summed E-state index contributed by atoms with van der Waals surface area (Å²) in [6.45, 7) is 0.213. The van der Waals surface area contributed by atoms with Crippen LogP contribution in [-0.2, 0) is 16.6 Å². The van der Waals surface area contributed by atoms with Crippen molar-refractivity contribution in [3.8, 4) is 11.3 Å². The molecule has 0 amide bonds. The molecule has 4 aromatic rings. The molecule has 0 aliphatic rings. The Labute approximate surface area is 162 Å². The van der Waals surface area contributed by atoms with Crippen molar-refractivity contribution in [2.45, 2.75) is 11.4 Å². The van der Waals surface area contributed by atoms with Gasteiger partial charge in [-0.05, 0) is 47.3 Å². The molecule has 140 valence electrons. The monoisotopic (exact) mass is 391 g/mol. The van der Waals surface area contributed by atoms with Crippen LogP contribution in [0.4, 0.5) is 0 Å². The molecule has 4 rings (SSSR count). The zero-order valence-electron chi connectivity index (χ0n) is 14.8. The first-order chi connectivity index (χ1) is 13.5. The van der Waals surface area contributed by atoms with Gasteiger partial charge in [-0.3, -0.25) is 0 Å². The third kappa shape index (κ3) is 3.74. The van der Waals surface area contributed by atoms with Crippen LogP contribution in [0.25, 0.3) is 22.1 Å². The summed E-state index contributed by atoms with van der Waals surface area (Å²) in [4.78, 5) is 12.3. The number of hydrogen-bond acceptors (Lipinski definition) is 4. The Kier molecular flexibility index (Phi) is 4.81. The number of sulfonamides is 1. The SMILES string of the molecule is O=c1oc(-c2ccc(S(=O)(=O)NCc3ccccc3)cc2)cc2ccccc12. The van der Waals surface area contributed by atoms with Crippen LogP contribution in [0, 0.1) is 0 Å². The molecule has 0 saturated heterocycles. The normalized spacial score (nSPS) is 11.6. The van der Waals surface area contributed by atoms with Crippen molar-refractivity contribution in [3.63, 3.8) is 0 Å². The van der Waals surface area contributed by atoms with Gasteiger partial charge in [0, 0.05) is 12.1 Å². The van der Waals surface area contributed by atoms with Crippen LogP contribution in [0.3, 0.4) is 0 Å². The minimum atomic E-state index is -3.64. The quantitative estimate of drug-likeness (QED) is 0.559. The lowest BCUT2D eigenvalue weighted by Crippen LogP contribution is -2.23. The highest BCUT2D eigenvalue weighted by Crippen LogP contribution is 2.23. The van der Waals surface area contributed by atoms with E-state index in [-0.39, 0.29) is 11.4 Å². The van der Waals surface area contributed by atoms with Crippen LogP contribution in [0.5, 0.6) is 0 Å². The van der Waals surface area contributed by atoms with Gasteiger partial charge in [0.05, 0.1) is 10.3 Å². The van der Waals surface area contributed by atoms with E-state index < -0.39 is 15.6 Å². The Morgan fingerprint density at radius 2 is 1.50 bits per heavy atom. The molecule has 0 bridgehead atoms. The van der Waals surface area contributed by atoms with Crippen molar-refractivity contribution >= 4 is 20.8 Å². The van der Waals surface area contributed by atoms with Gasteiger partial charge in [-0.15, -0.1) is 0 Å². The average Bonchev–Trinajstić information content (AvgIpc) is 2.73. The highest BCUT2D eigenvalue weighted by molar-refractivity contribution is 7.89. The van der Waals surface area contributed by atoms with E-state index >= 15 is 0 Å². The van der Waals surface area contributed by atoms with Crippen molar-refractivity contribution in [1.82, 2.24) is 4.72 Å². The number of hydrogen-bond donors (Lipinski definition) is 1. The van der Waals surface area contributed by atoms with Crippen LogP contribution in [0.15, 0.2) is 99.0 Å². The van der Waals surface area contributed by atoms with Crippen LogP contribution in [0.1, 0.15) is 5.56 Å². The number of fused-ring (bicyclic) bond motifs is 1. The summed E-state index contributed by atoms with van der Waals surface area (Å²) in [6, 6.07) is 24.5. The van der Waals surface area contributed by atoms with E-state index in [9.17, 15) is 13.2 Å². The fraction of sp³-hybridized carbons (Fsp3) is 0.0455. The molecule has 0 aliphatic heterocycles. The maximum Gasteiger partial charge on any atom is 0.344 e. The maximum absolute atomic E-state index is 12.5. The van der Waals surface area contributed by atoms with Crippen molar-refractivity contribution < 1.29 is 12.8 Å². The van der Waals surface area contributed by atoms with E-state index in [1.54, 1.807) is 30.3 Å².